The number of Topliss-reactive ketones (excluding diaryl/α,β-unsaturated/α-hetero) is 1. The fraction of sp³-hybridized carbons (Fsp3) is 0.727. The lowest BCUT2D eigenvalue weighted by molar-refractivity contribution is -0.119. The minimum Gasteiger partial charge on any atom is -0.328 e. The predicted molar refractivity (Wildman–Crippen MR) is 55.2 cm³/mol. The van der Waals surface area contributed by atoms with Gasteiger partial charge in [-0.3, -0.25) is 4.79 Å². The Hall–Kier alpha value is -0.810. The van der Waals surface area contributed by atoms with Gasteiger partial charge in [0.15, 0.2) is 0 Å². The fourth-order valence-corrected chi connectivity index (χ4v) is 1.13. The molecule has 0 aromatic rings. The summed E-state index contributed by atoms with van der Waals surface area (Å²) in [6.45, 7) is 1.96. The highest BCUT2D eigenvalue weighted by Gasteiger charge is 2.02. The fourth-order valence-electron chi connectivity index (χ4n) is 1.13. The van der Waals surface area contributed by atoms with E-state index in [2.05, 4.69) is 5.92 Å². The van der Waals surface area contributed by atoms with Gasteiger partial charge < -0.3 is 5.73 Å². The first-order valence-electron chi connectivity index (χ1n) is 4.87. The van der Waals surface area contributed by atoms with Crippen molar-refractivity contribution in [1.29, 1.82) is 0 Å². The molecule has 1 atom stereocenters. The van der Waals surface area contributed by atoms with E-state index < -0.39 is 0 Å². The van der Waals surface area contributed by atoms with Gasteiger partial charge in [0.05, 0.1) is 0 Å². The molecule has 74 valence electrons. The van der Waals surface area contributed by atoms with Gasteiger partial charge in [-0.25, -0.2) is 0 Å². The number of rotatable bonds is 7. The zero-order valence-corrected chi connectivity index (χ0v) is 8.38. The van der Waals surface area contributed by atoms with E-state index in [1.165, 1.54) is 0 Å². The van der Waals surface area contributed by atoms with Gasteiger partial charge in [0.1, 0.15) is 5.78 Å². The van der Waals surface area contributed by atoms with Crippen LogP contribution in [0, 0.1) is 12.3 Å². The monoisotopic (exact) mass is 181 g/mol. The molecule has 0 saturated heterocycles. The molecular weight excluding hydrogens is 162 g/mol. The van der Waals surface area contributed by atoms with E-state index >= 15 is 0 Å². The van der Waals surface area contributed by atoms with Crippen LogP contribution in [0.4, 0.5) is 0 Å². The summed E-state index contributed by atoms with van der Waals surface area (Å²) in [6.07, 6.45) is 9.74. The summed E-state index contributed by atoms with van der Waals surface area (Å²) in [5.74, 6) is 2.84. The third-order valence-corrected chi connectivity index (χ3v) is 1.89. The summed E-state index contributed by atoms with van der Waals surface area (Å²) in [5, 5.41) is 0. The predicted octanol–water partition coefficient (Wildman–Crippen LogP) is 1.88. The highest BCUT2D eigenvalue weighted by molar-refractivity contribution is 5.78. The van der Waals surface area contributed by atoms with Crippen LogP contribution in [0.15, 0.2) is 0 Å². The van der Waals surface area contributed by atoms with Gasteiger partial charge in [-0.2, -0.15) is 0 Å². The SMILES string of the molecule is C#CCCCC(=O)CCCC(C)N. The molecule has 2 N–H and O–H groups in total. The number of carbonyl (C=O) groups excluding carboxylic acids is 1. The van der Waals surface area contributed by atoms with Gasteiger partial charge in [-0.05, 0) is 26.2 Å². The smallest absolute Gasteiger partial charge is 0.132 e. The number of ketones is 1. The zero-order valence-electron chi connectivity index (χ0n) is 8.38. The molecule has 0 saturated carbocycles. The van der Waals surface area contributed by atoms with Crippen molar-refractivity contribution in [3.8, 4) is 12.3 Å². The summed E-state index contributed by atoms with van der Waals surface area (Å²) in [7, 11) is 0. The lowest BCUT2D eigenvalue weighted by Crippen LogP contribution is -2.14. The Balaban J connectivity index is 3.26. The van der Waals surface area contributed by atoms with Crippen molar-refractivity contribution in [3.63, 3.8) is 0 Å². The van der Waals surface area contributed by atoms with Gasteiger partial charge in [0.2, 0.25) is 0 Å². The average molecular weight is 181 g/mol. The van der Waals surface area contributed by atoms with Gasteiger partial charge in [-0.1, -0.05) is 0 Å². The van der Waals surface area contributed by atoms with Crippen LogP contribution >= 0.6 is 0 Å². The molecule has 2 heteroatoms. The first-order valence-corrected chi connectivity index (χ1v) is 4.87. The summed E-state index contributed by atoms with van der Waals surface area (Å²) in [5.41, 5.74) is 5.56. The molecule has 13 heavy (non-hydrogen) atoms. The van der Waals surface area contributed by atoms with Gasteiger partial charge in [0.25, 0.3) is 0 Å². The molecular formula is C11H19NO. The van der Waals surface area contributed by atoms with Crippen LogP contribution in [0.5, 0.6) is 0 Å². The van der Waals surface area contributed by atoms with E-state index in [-0.39, 0.29) is 6.04 Å². The van der Waals surface area contributed by atoms with E-state index in [0.29, 0.717) is 25.0 Å². The van der Waals surface area contributed by atoms with E-state index in [1.807, 2.05) is 6.92 Å². The molecule has 0 heterocycles. The van der Waals surface area contributed by atoms with Crippen molar-refractivity contribution in [3.05, 3.63) is 0 Å². The van der Waals surface area contributed by atoms with Crippen LogP contribution < -0.4 is 5.73 Å². The molecule has 0 fully saturated rings. The first-order chi connectivity index (χ1) is 6.16. The molecule has 1 unspecified atom stereocenters. The lowest BCUT2D eigenvalue weighted by atomic mass is 10.1. The Kier molecular flexibility index (Phi) is 7.33. The van der Waals surface area contributed by atoms with E-state index in [9.17, 15) is 4.79 Å². The molecule has 0 spiro atoms. The highest BCUT2D eigenvalue weighted by Crippen LogP contribution is 2.04. The highest BCUT2D eigenvalue weighted by atomic mass is 16.1. The molecule has 0 aliphatic carbocycles. The van der Waals surface area contributed by atoms with E-state index in [1.54, 1.807) is 0 Å². The largest absolute Gasteiger partial charge is 0.328 e. The van der Waals surface area contributed by atoms with Crippen molar-refractivity contribution in [2.24, 2.45) is 5.73 Å². The second-order valence-corrected chi connectivity index (χ2v) is 3.47. The number of carbonyl (C=O) groups is 1. The Bertz CT molecular complexity index is 179. The van der Waals surface area contributed by atoms with Crippen LogP contribution in [0.3, 0.4) is 0 Å². The molecule has 0 aromatic carbocycles. The van der Waals surface area contributed by atoms with Crippen molar-refractivity contribution >= 4 is 5.78 Å². The molecule has 0 aliphatic rings. The average Bonchev–Trinajstić information content (AvgIpc) is 2.04. The Labute approximate surface area is 80.9 Å². The maximum Gasteiger partial charge on any atom is 0.132 e. The molecule has 0 aromatic heterocycles. The summed E-state index contributed by atoms with van der Waals surface area (Å²) in [6, 6.07) is 0.207. The van der Waals surface area contributed by atoms with Crippen molar-refractivity contribution in [2.75, 3.05) is 0 Å². The Morgan fingerprint density at radius 1 is 1.46 bits per heavy atom. The van der Waals surface area contributed by atoms with E-state index in [4.69, 9.17) is 12.2 Å². The number of hydrogen-bond donors (Lipinski definition) is 1. The van der Waals surface area contributed by atoms with Crippen molar-refractivity contribution < 1.29 is 4.79 Å². The molecule has 0 radical (unpaired) electrons. The zero-order chi connectivity index (χ0) is 10.1. The third kappa shape index (κ3) is 9.10. The van der Waals surface area contributed by atoms with Crippen LogP contribution in [-0.2, 0) is 4.79 Å². The normalized spacial score (nSPS) is 12.1. The maximum atomic E-state index is 11.2. The van der Waals surface area contributed by atoms with Crippen LogP contribution in [0.1, 0.15) is 45.4 Å². The minimum atomic E-state index is 0.207. The number of terminal acetylenes is 1. The Morgan fingerprint density at radius 2 is 2.08 bits per heavy atom. The quantitative estimate of drug-likeness (QED) is 0.481. The Morgan fingerprint density at radius 3 is 2.62 bits per heavy atom. The molecule has 0 amide bonds. The molecule has 2 nitrogen and oxygen atoms in total. The van der Waals surface area contributed by atoms with Crippen LogP contribution in [0.25, 0.3) is 0 Å². The first kappa shape index (κ1) is 12.2. The number of unbranched alkanes of at least 4 members (excludes halogenated alkanes) is 1. The number of nitrogens with two attached hydrogens (primary N) is 1. The van der Waals surface area contributed by atoms with Crippen LogP contribution in [0.2, 0.25) is 0 Å². The summed E-state index contributed by atoms with van der Waals surface area (Å²) >= 11 is 0. The summed E-state index contributed by atoms with van der Waals surface area (Å²) < 4.78 is 0. The van der Waals surface area contributed by atoms with Crippen molar-refractivity contribution in [2.45, 2.75) is 51.5 Å². The van der Waals surface area contributed by atoms with E-state index in [0.717, 1.165) is 19.3 Å². The molecule has 0 aliphatic heterocycles. The molecule has 0 rings (SSSR count). The third-order valence-electron chi connectivity index (χ3n) is 1.89. The van der Waals surface area contributed by atoms with Crippen LogP contribution in [-0.4, -0.2) is 11.8 Å². The number of hydrogen-bond acceptors (Lipinski definition) is 2. The summed E-state index contributed by atoms with van der Waals surface area (Å²) in [4.78, 5) is 11.2. The minimum absolute atomic E-state index is 0.207. The maximum absolute atomic E-state index is 11.2. The van der Waals surface area contributed by atoms with Gasteiger partial charge in [0, 0.05) is 25.3 Å². The molecule has 0 bridgehead atoms. The lowest BCUT2D eigenvalue weighted by Gasteiger charge is -2.03. The van der Waals surface area contributed by atoms with Gasteiger partial charge in [-0.15, -0.1) is 12.3 Å². The second-order valence-electron chi connectivity index (χ2n) is 3.47. The van der Waals surface area contributed by atoms with Gasteiger partial charge >= 0.3 is 0 Å². The van der Waals surface area contributed by atoms with Crippen molar-refractivity contribution in [1.82, 2.24) is 0 Å². The second kappa shape index (κ2) is 7.82. The topological polar surface area (TPSA) is 43.1 Å². The standard InChI is InChI=1S/C11H19NO/c1-3-4-5-8-11(13)9-6-7-10(2)12/h1,10H,4-9,12H2,2H3.